The zero-order chi connectivity index (χ0) is 32.3. The molecule has 0 fully saturated rings. The lowest BCUT2D eigenvalue weighted by molar-refractivity contribution is 0.949. The van der Waals surface area contributed by atoms with Crippen LogP contribution in [0.25, 0.3) is 50.2 Å². The predicted octanol–water partition coefficient (Wildman–Crippen LogP) is 10.4. The molecule has 4 heteroatoms. The molecule has 0 aliphatic carbocycles. The van der Waals surface area contributed by atoms with E-state index in [1.165, 1.54) is 55.2 Å². The highest BCUT2D eigenvalue weighted by Gasteiger charge is 2.17. The first kappa shape index (κ1) is 29.7. The third kappa shape index (κ3) is 5.44. The van der Waals surface area contributed by atoms with Crippen molar-refractivity contribution in [2.24, 2.45) is 7.05 Å². The average molecular weight is 611 g/mol. The van der Waals surface area contributed by atoms with Gasteiger partial charge in [0.05, 0.1) is 11.0 Å². The number of nitrogens with zero attached hydrogens (tertiary/aromatic N) is 3. The molecular formula is C43H38N4. The number of nitrogens with two attached hydrogens (primary N) is 1. The standard InChI is InChI=1S/C29H23N3.C14H15N/c30-29-22(18-19-31(29)23-11-3-1-4-12-23)20-21-10-9-16-26-25-15-7-8-17-27(25)32(28(21)26)24-13-5-2-6-14-24;1-4-5-9-13-11(2)12-8-6-7-10-14(12)15(13)3/h1-19H,20,30H2;4-10H,1H2,2-3H3/b;9-5-. The number of allylic oxidation sites excluding steroid dienone is 2. The minimum Gasteiger partial charge on any atom is -0.385 e. The molecule has 3 aromatic heterocycles. The smallest absolute Gasteiger partial charge is 0.111 e. The van der Waals surface area contributed by atoms with E-state index in [-0.39, 0.29) is 0 Å². The topological polar surface area (TPSA) is 40.8 Å². The normalized spacial score (nSPS) is 11.4. The van der Waals surface area contributed by atoms with E-state index in [1.807, 2.05) is 24.3 Å². The van der Waals surface area contributed by atoms with E-state index in [0.717, 1.165) is 23.5 Å². The first-order chi connectivity index (χ1) is 23.1. The van der Waals surface area contributed by atoms with Gasteiger partial charge in [-0.2, -0.15) is 0 Å². The molecule has 4 nitrogen and oxygen atoms in total. The van der Waals surface area contributed by atoms with Crippen molar-refractivity contribution >= 4 is 44.6 Å². The van der Waals surface area contributed by atoms with Gasteiger partial charge in [0.2, 0.25) is 0 Å². The lowest BCUT2D eigenvalue weighted by Crippen LogP contribution is -2.02. The maximum Gasteiger partial charge on any atom is 0.111 e. The molecule has 0 radical (unpaired) electrons. The summed E-state index contributed by atoms with van der Waals surface area (Å²) in [6.07, 6.45) is 8.71. The Morgan fingerprint density at radius 2 is 1.26 bits per heavy atom. The average Bonchev–Trinajstić information content (AvgIpc) is 3.74. The Bertz CT molecular complexity index is 2330. The van der Waals surface area contributed by atoms with Crippen molar-refractivity contribution in [1.29, 1.82) is 0 Å². The number of aryl methyl sites for hydroxylation is 2. The first-order valence-electron chi connectivity index (χ1n) is 16.0. The predicted molar refractivity (Wildman–Crippen MR) is 201 cm³/mol. The lowest BCUT2D eigenvalue weighted by atomic mass is 10.0. The summed E-state index contributed by atoms with van der Waals surface area (Å²) < 4.78 is 6.65. The van der Waals surface area contributed by atoms with Crippen LogP contribution in [-0.4, -0.2) is 13.7 Å². The van der Waals surface area contributed by atoms with E-state index in [0.29, 0.717) is 0 Å². The summed E-state index contributed by atoms with van der Waals surface area (Å²) in [4.78, 5) is 0. The van der Waals surface area contributed by atoms with Crippen LogP contribution in [0.1, 0.15) is 22.4 Å². The van der Waals surface area contributed by atoms with Crippen LogP contribution in [-0.2, 0) is 13.5 Å². The number of para-hydroxylation sites is 5. The molecule has 0 aliphatic heterocycles. The number of anilines is 1. The van der Waals surface area contributed by atoms with Gasteiger partial charge in [-0.3, -0.25) is 0 Å². The van der Waals surface area contributed by atoms with Gasteiger partial charge in [0.15, 0.2) is 0 Å². The van der Waals surface area contributed by atoms with Crippen molar-refractivity contribution in [2.75, 3.05) is 5.73 Å². The van der Waals surface area contributed by atoms with Gasteiger partial charge in [-0.05, 0) is 72.2 Å². The fraction of sp³-hybridized carbons (Fsp3) is 0.0698. The molecule has 230 valence electrons. The minimum absolute atomic E-state index is 0.770. The molecular weight excluding hydrogens is 573 g/mol. The van der Waals surface area contributed by atoms with Crippen molar-refractivity contribution in [3.8, 4) is 11.4 Å². The third-order valence-electron chi connectivity index (χ3n) is 9.03. The Balaban J connectivity index is 0.000000197. The number of hydrogen-bond donors (Lipinski definition) is 1. The number of benzene rings is 5. The fourth-order valence-corrected chi connectivity index (χ4v) is 6.73. The van der Waals surface area contributed by atoms with Crippen molar-refractivity contribution in [2.45, 2.75) is 13.3 Å². The largest absolute Gasteiger partial charge is 0.385 e. The van der Waals surface area contributed by atoms with Crippen LogP contribution >= 0.6 is 0 Å². The first-order valence-corrected chi connectivity index (χ1v) is 16.0. The zero-order valence-electron chi connectivity index (χ0n) is 26.8. The summed E-state index contributed by atoms with van der Waals surface area (Å²) in [7, 11) is 2.10. The van der Waals surface area contributed by atoms with Crippen LogP contribution in [0.4, 0.5) is 5.82 Å². The Kier molecular flexibility index (Phi) is 8.07. The van der Waals surface area contributed by atoms with Crippen molar-refractivity contribution in [3.63, 3.8) is 0 Å². The van der Waals surface area contributed by atoms with Crippen LogP contribution in [0.2, 0.25) is 0 Å². The van der Waals surface area contributed by atoms with E-state index in [4.69, 9.17) is 5.73 Å². The molecule has 0 unspecified atom stereocenters. The van der Waals surface area contributed by atoms with Crippen LogP contribution in [0.3, 0.4) is 0 Å². The summed E-state index contributed by atoms with van der Waals surface area (Å²) in [5, 5.41) is 3.86. The second-order valence-corrected chi connectivity index (χ2v) is 11.8. The molecule has 2 N–H and O–H groups in total. The SMILES string of the molecule is C=C/C=C\c1c(C)c2ccccc2n1C.Nc1c(Cc2cccc3c4ccccc4n(-c4ccccc4)c23)ccn1-c1ccccc1. The molecule has 0 amide bonds. The Morgan fingerprint density at radius 3 is 1.96 bits per heavy atom. The van der Waals surface area contributed by atoms with Crippen LogP contribution < -0.4 is 5.73 Å². The second kappa shape index (κ2) is 12.8. The minimum atomic E-state index is 0.770. The van der Waals surface area contributed by atoms with Gasteiger partial charge in [0.25, 0.3) is 0 Å². The van der Waals surface area contributed by atoms with Crippen LogP contribution in [0.5, 0.6) is 0 Å². The molecule has 0 bridgehead atoms. The molecule has 47 heavy (non-hydrogen) atoms. The Morgan fingerprint density at radius 1 is 0.638 bits per heavy atom. The van der Waals surface area contributed by atoms with E-state index < -0.39 is 0 Å². The van der Waals surface area contributed by atoms with E-state index in [1.54, 1.807) is 6.08 Å². The summed E-state index contributed by atoms with van der Waals surface area (Å²) in [5.41, 5.74) is 17.6. The van der Waals surface area contributed by atoms with E-state index in [9.17, 15) is 0 Å². The van der Waals surface area contributed by atoms with Crippen molar-refractivity contribution in [1.82, 2.24) is 13.7 Å². The number of rotatable bonds is 6. The van der Waals surface area contributed by atoms with Gasteiger partial charge in [-0.15, -0.1) is 0 Å². The molecule has 0 saturated heterocycles. The molecule has 8 rings (SSSR count). The lowest BCUT2D eigenvalue weighted by Gasteiger charge is -2.12. The fourth-order valence-electron chi connectivity index (χ4n) is 6.73. The number of hydrogen-bond acceptors (Lipinski definition) is 1. The Hall–Kier alpha value is -6.00. The highest BCUT2D eigenvalue weighted by atomic mass is 15.0. The molecule has 0 atom stereocenters. The quantitative estimate of drug-likeness (QED) is 0.187. The number of aromatic nitrogens is 3. The van der Waals surface area contributed by atoms with Gasteiger partial charge < -0.3 is 19.4 Å². The zero-order valence-corrected chi connectivity index (χ0v) is 26.8. The van der Waals surface area contributed by atoms with E-state index in [2.05, 4.69) is 162 Å². The van der Waals surface area contributed by atoms with Crippen molar-refractivity contribution in [3.05, 3.63) is 181 Å². The molecule has 8 aromatic rings. The van der Waals surface area contributed by atoms with Gasteiger partial charge in [0.1, 0.15) is 5.82 Å². The van der Waals surface area contributed by atoms with Crippen LogP contribution in [0.15, 0.2) is 158 Å². The van der Waals surface area contributed by atoms with Gasteiger partial charge >= 0.3 is 0 Å². The molecule has 0 spiro atoms. The van der Waals surface area contributed by atoms with Crippen LogP contribution in [0, 0.1) is 6.92 Å². The van der Waals surface area contributed by atoms with Gasteiger partial charge in [-0.25, -0.2) is 0 Å². The maximum atomic E-state index is 6.61. The number of nitrogen functional groups attached to an aromatic ring is 1. The molecule has 0 saturated carbocycles. The molecule has 5 aromatic carbocycles. The van der Waals surface area contributed by atoms with Gasteiger partial charge in [0, 0.05) is 58.4 Å². The summed E-state index contributed by atoms with van der Waals surface area (Å²) in [6.45, 7) is 5.85. The summed E-state index contributed by atoms with van der Waals surface area (Å²) in [5.74, 6) is 0.788. The highest BCUT2D eigenvalue weighted by molar-refractivity contribution is 6.10. The van der Waals surface area contributed by atoms with Crippen molar-refractivity contribution < 1.29 is 0 Å². The second-order valence-electron chi connectivity index (χ2n) is 11.8. The molecule has 3 heterocycles. The third-order valence-corrected chi connectivity index (χ3v) is 9.03. The van der Waals surface area contributed by atoms with Gasteiger partial charge in [-0.1, -0.05) is 110 Å². The monoisotopic (exact) mass is 610 g/mol. The number of fused-ring (bicyclic) bond motifs is 4. The van der Waals surface area contributed by atoms with E-state index >= 15 is 0 Å². The highest BCUT2D eigenvalue weighted by Crippen LogP contribution is 2.35. The Labute approximate surface area is 275 Å². The summed E-state index contributed by atoms with van der Waals surface area (Å²) >= 11 is 0. The maximum absolute atomic E-state index is 6.61. The molecule has 0 aliphatic rings. The summed E-state index contributed by atoms with van der Waals surface area (Å²) in [6, 6.07) is 46.7.